The molecule has 0 saturated carbocycles. The highest BCUT2D eigenvalue weighted by atomic mass is 79.9. The minimum absolute atomic E-state index is 0.0274. The summed E-state index contributed by atoms with van der Waals surface area (Å²) in [5.74, 6) is -1.12. The van der Waals surface area contributed by atoms with Gasteiger partial charge in [-0.2, -0.15) is 0 Å². The van der Waals surface area contributed by atoms with Crippen molar-refractivity contribution in [1.29, 1.82) is 0 Å². The van der Waals surface area contributed by atoms with Crippen LogP contribution in [0, 0.1) is 0 Å². The van der Waals surface area contributed by atoms with Gasteiger partial charge in [-0.1, -0.05) is 27.5 Å². The topological polar surface area (TPSA) is 96.1 Å². The Labute approximate surface area is 166 Å². The molecular weight excluding hydrogens is 426 g/mol. The van der Waals surface area contributed by atoms with E-state index in [0.717, 1.165) is 5.56 Å². The molecule has 9 heteroatoms. The Bertz CT molecular complexity index is 713. The van der Waals surface area contributed by atoms with Gasteiger partial charge in [-0.05, 0) is 26.8 Å². The molecular formula is C17H23BrClN3O4. The average Bonchev–Trinajstić information content (AvgIpc) is 2.53. The van der Waals surface area contributed by atoms with Gasteiger partial charge in [-0.3, -0.25) is 4.90 Å². The molecule has 0 unspecified atom stereocenters. The number of rotatable bonds is 3. The van der Waals surface area contributed by atoms with Gasteiger partial charge in [0.2, 0.25) is 0 Å². The molecule has 0 aromatic heterocycles. The quantitative estimate of drug-likeness (QED) is 0.688. The van der Waals surface area contributed by atoms with Crippen LogP contribution < -0.4 is 5.73 Å². The smallest absolute Gasteiger partial charge is 0.410 e. The van der Waals surface area contributed by atoms with Crippen molar-refractivity contribution in [3.05, 3.63) is 26.7 Å². The molecule has 0 bridgehead atoms. The van der Waals surface area contributed by atoms with Crippen molar-refractivity contribution in [2.75, 3.05) is 31.9 Å². The molecule has 0 radical (unpaired) electrons. The third-order valence-corrected chi connectivity index (χ3v) is 5.13. The number of aromatic carboxylic acids is 1. The van der Waals surface area contributed by atoms with Crippen molar-refractivity contribution in [1.82, 2.24) is 9.80 Å². The molecule has 0 atom stereocenters. The second kappa shape index (κ2) is 8.02. The number of carboxylic acids is 1. The summed E-state index contributed by atoms with van der Waals surface area (Å²) in [4.78, 5) is 27.1. The summed E-state index contributed by atoms with van der Waals surface area (Å²) in [5, 5.41) is 9.41. The molecule has 144 valence electrons. The molecule has 1 heterocycles. The molecule has 1 aromatic carbocycles. The fraction of sp³-hybridized carbons (Fsp3) is 0.529. The lowest BCUT2D eigenvalue weighted by atomic mass is 10.1. The Hall–Kier alpha value is -1.51. The molecule has 1 aromatic rings. The van der Waals surface area contributed by atoms with E-state index in [0.29, 0.717) is 37.2 Å². The Kier molecular flexibility index (Phi) is 6.42. The van der Waals surface area contributed by atoms with Gasteiger partial charge in [-0.25, -0.2) is 9.59 Å². The van der Waals surface area contributed by atoms with Crippen LogP contribution in [0.25, 0.3) is 0 Å². The number of hydrogen-bond acceptors (Lipinski definition) is 5. The van der Waals surface area contributed by atoms with Crippen LogP contribution in [0.15, 0.2) is 10.5 Å². The maximum absolute atomic E-state index is 12.1. The largest absolute Gasteiger partial charge is 0.478 e. The van der Waals surface area contributed by atoms with Crippen LogP contribution in [0.3, 0.4) is 0 Å². The summed E-state index contributed by atoms with van der Waals surface area (Å²) in [6.07, 6.45) is -0.314. The minimum Gasteiger partial charge on any atom is -0.478 e. The molecule has 3 N–H and O–H groups in total. The lowest BCUT2D eigenvalue weighted by Gasteiger charge is -2.35. The van der Waals surface area contributed by atoms with E-state index in [1.54, 1.807) is 4.90 Å². The van der Waals surface area contributed by atoms with Gasteiger partial charge in [0.15, 0.2) is 0 Å². The summed E-state index contributed by atoms with van der Waals surface area (Å²) in [6, 6.07) is 1.47. The Morgan fingerprint density at radius 1 is 1.31 bits per heavy atom. The molecule has 26 heavy (non-hydrogen) atoms. The third-order valence-electron chi connectivity index (χ3n) is 3.99. The second-order valence-electron chi connectivity index (χ2n) is 7.16. The molecule has 1 fully saturated rings. The van der Waals surface area contributed by atoms with Crippen LogP contribution in [0.4, 0.5) is 10.5 Å². The van der Waals surface area contributed by atoms with Crippen LogP contribution in [-0.4, -0.2) is 58.7 Å². The predicted molar refractivity (Wildman–Crippen MR) is 104 cm³/mol. The summed E-state index contributed by atoms with van der Waals surface area (Å²) in [7, 11) is 0. The maximum atomic E-state index is 12.1. The number of nitrogens with two attached hydrogens (primary N) is 1. The SMILES string of the molecule is CC(C)(C)OC(=O)N1CCN(Cc2c(Br)cc(C(=O)O)c(N)c2Cl)CC1. The van der Waals surface area contributed by atoms with E-state index in [2.05, 4.69) is 20.8 Å². The van der Waals surface area contributed by atoms with Crippen LogP contribution in [0.2, 0.25) is 5.02 Å². The zero-order valence-corrected chi connectivity index (χ0v) is 17.4. The van der Waals surface area contributed by atoms with E-state index in [-0.39, 0.29) is 22.4 Å². The predicted octanol–water partition coefficient (Wildman–Crippen LogP) is 3.44. The van der Waals surface area contributed by atoms with Crippen molar-refractivity contribution < 1.29 is 19.4 Å². The first kappa shape index (κ1) is 20.8. The standard InChI is InChI=1S/C17H23BrClN3O4/c1-17(2,3)26-16(25)22-6-4-21(5-7-22)9-11-12(18)8-10(15(23)24)14(20)13(11)19/h8H,4-7,9,20H2,1-3H3,(H,23,24). The number of ether oxygens (including phenoxy) is 1. The minimum atomic E-state index is -1.12. The first-order valence-electron chi connectivity index (χ1n) is 8.19. The molecule has 2 rings (SSSR count). The molecule has 1 amide bonds. The summed E-state index contributed by atoms with van der Waals surface area (Å²) >= 11 is 9.67. The van der Waals surface area contributed by atoms with Crippen molar-refractivity contribution >= 4 is 45.3 Å². The number of anilines is 1. The van der Waals surface area contributed by atoms with Crippen LogP contribution in [0.5, 0.6) is 0 Å². The first-order chi connectivity index (χ1) is 12.0. The van der Waals surface area contributed by atoms with Crippen molar-refractivity contribution in [2.24, 2.45) is 0 Å². The van der Waals surface area contributed by atoms with Crippen LogP contribution >= 0.6 is 27.5 Å². The monoisotopic (exact) mass is 447 g/mol. The number of piperazine rings is 1. The summed E-state index contributed by atoms with van der Waals surface area (Å²) in [5.41, 5.74) is 6.11. The molecule has 7 nitrogen and oxygen atoms in total. The highest BCUT2D eigenvalue weighted by Crippen LogP contribution is 2.34. The molecule has 1 aliphatic heterocycles. The van der Waals surface area contributed by atoms with E-state index >= 15 is 0 Å². The second-order valence-corrected chi connectivity index (χ2v) is 8.39. The first-order valence-corrected chi connectivity index (χ1v) is 9.36. The van der Waals surface area contributed by atoms with Crippen molar-refractivity contribution in [3.63, 3.8) is 0 Å². The highest BCUT2D eigenvalue weighted by molar-refractivity contribution is 9.10. The van der Waals surface area contributed by atoms with Gasteiger partial charge < -0.3 is 20.5 Å². The normalized spacial score (nSPS) is 15.8. The van der Waals surface area contributed by atoms with Crippen LogP contribution in [-0.2, 0) is 11.3 Å². The lowest BCUT2D eigenvalue weighted by molar-refractivity contribution is 0.0139. The number of nitrogens with zero attached hydrogens (tertiary/aromatic N) is 2. The van der Waals surface area contributed by atoms with E-state index in [9.17, 15) is 9.59 Å². The van der Waals surface area contributed by atoms with Crippen molar-refractivity contribution in [3.8, 4) is 0 Å². The number of halogens is 2. The van der Waals surface area contributed by atoms with Crippen molar-refractivity contribution in [2.45, 2.75) is 32.9 Å². The zero-order valence-electron chi connectivity index (χ0n) is 15.0. The maximum Gasteiger partial charge on any atom is 0.410 e. The van der Waals surface area contributed by atoms with Gasteiger partial charge in [0.1, 0.15) is 5.60 Å². The lowest BCUT2D eigenvalue weighted by Crippen LogP contribution is -2.49. The van der Waals surface area contributed by atoms with E-state index in [1.807, 2.05) is 20.8 Å². The van der Waals surface area contributed by atoms with Gasteiger partial charge in [-0.15, -0.1) is 0 Å². The Balaban J connectivity index is 2.03. The summed E-state index contributed by atoms with van der Waals surface area (Å²) in [6.45, 7) is 8.43. The van der Waals surface area contributed by atoms with E-state index in [4.69, 9.17) is 27.2 Å². The van der Waals surface area contributed by atoms with Gasteiger partial charge >= 0.3 is 12.1 Å². The average molecular weight is 449 g/mol. The Morgan fingerprint density at radius 2 is 1.88 bits per heavy atom. The number of carboxylic acid groups (broad SMARTS) is 1. The zero-order chi connectivity index (χ0) is 19.6. The highest BCUT2D eigenvalue weighted by Gasteiger charge is 2.27. The number of carbonyl (C=O) groups excluding carboxylic acids is 1. The van der Waals surface area contributed by atoms with Gasteiger partial charge in [0.25, 0.3) is 0 Å². The number of carbonyl (C=O) groups is 2. The fourth-order valence-corrected chi connectivity index (χ4v) is 3.57. The van der Waals surface area contributed by atoms with Gasteiger partial charge in [0.05, 0.1) is 16.3 Å². The number of amides is 1. The summed E-state index contributed by atoms with van der Waals surface area (Å²) < 4.78 is 5.99. The fourth-order valence-electron chi connectivity index (χ4n) is 2.64. The van der Waals surface area contributed by atoms with Gasteiger partial charge in [0, 0.05) is 42.8 Å². The molecule has 0 aliphatic carbocycles. The number of benzene rings is 1. The number of nitrogen functional groups attached to an aromatic ring is 1. The number of hydrogen-bond donors (Lipinski definition) is 2. The third kappa shape index (κ3) is 5.02. The molecule has 1 saturated heterocycles. The Morgan fingerprint density at radius 3 is 2.38 bits per heavy atom. The molecule has 0 spiro atoms. The van der Waals surface area contributed by atoms with Crippen LogP contribution in [0.1, 0.15) is 36.7 Å². The molecule has 1 aliphatic rings. The van der Waals surface area contributed by atoms with E-state index in [1.165, 1.54) is 6.07 Å². The van der Waals surface area contributed by atoms with E-state index < -0.39 is 11.6 Å².